The number of hydrogen-bond acceptors (Lipinski definition) is 3. The first kappa shape index (κ1) is 23.0. The van der Waals surface area contributed by atoms with Gasteiger partial charge in [0, 0.05) is 38.8 Å². The van der Waals surface area contributed by atoms with Crippen LogP contribution in [0.5, 0.6) is 0 Å². The van der Waals surface area contributed by atoms with E-state index in [9.17, 15) is 5.11 Å². The third-order valence-electron chi connectivity index (χ3n) is 6.37. The lowest BCUT2D eigenvalue weighted by atomic mass is 9.91. The van der Waals surface area contributed by atoms with Gasteiger partial charge in [-0.3, -0.25) is 9.80 Å². The lowest BCUT2D eigenvalue weighted by Crippen LogP contribution is -2.38. The fourth-order valence-corrected chi connectivity index (χ4v) is 5.20. The van der Waals surface area contributed by atoms with Crippen molar-refractivity contribution in [2.24, 2.45) is 17.8 Å². The molecule has 30 heavy (non-hydrogen) atoms. The first-order valence-corrected chi connectivity index (χ1v) is 11.7. The van der Waals surface area contributed by atoms with Gasteiger partial charge in [0.2, 0.25) is 0 Å². The van der Waals surface area contributed by atoms with Crippen LogP contribution in [0.25, 0.3) is 0 Å². The molecule has 0 spiro atoms. The third kappa shape index (κ3) is 7.23. The number of hydrogen-bond donors (Lipinski definition) is 1. The second-order valence-corrected chi connectivity index (χ2v) is 9.72. The highest BCUT2D eigenvalue weighted by Crippen LogP contribution is 2.24. The van der Waals surface area contributed by atoms with Crippen molar-refractivity contribution in [2.75, 3.05) is 26.2 Å². The van der Waals surface area contributed by atoms with Crippen molar-refractivity contribution in [2.45, 2.75) is 52.7 Å². The lowest BCUT2D eigenvalue weighted by Gasteiger charge is -2.34. The van der Waals surface area contributed by atoms with E-state index < -0.39 is 0 Å². The molecule has 3 heteroatoms. The van der Waals surface area contributed by atoms with Gasteiger partial charge in [-0.15, -0.1) is 0 Å². The number of nitrogens with zero attached hydrogens (tertiary/aromatic N) is 2. The molecule has 0 aliphatic carbocycles. The fourth-order valence-electron chi connectivity index (χ4n) is 5.20. The summed E-state index contributed by atoms with van der Waals surface area (Å²) < 4.78 is 0. The fraction of sp³-hybridized carbons (Fsp3) is 0.556. The minimum atomic E-state index is 0.289. The monoisotopic (exact) mass is 408 g/mol. The molecule has 164 valence electrons. The largest absolute Gasteiger partial charge is 0.395 e. The minimum Gasteiger partial charge on any atom is -0.395 e. The molecule has 2 fully saturated rings. The molecule has 2 aromatic carbocycles. The van der Waals surface area contributed by atoms with E-state index in [0.29, 0.717) is 12.0 Å². The maximum Gasteiger partial charge on any atom is 0.0587 e. The number of piperidine rings is 1. The number of aliphatic hydroxyl groups is 1. The molecule has 3 nitrogen and oxygen atoms in total. The van der Waals surface area contributed by atoms with Gasteiger partial charge < -0.3 is 5.11 Å². The van der Waals surface area contributed by atoms with Gasteiger partial charge >= 0.3 is 0 Å². The quantitative estimate of drug-likeness (QED) is 0.750. The van der Waals surface area contributed by atoms with Crippen LogP contribution in [0.1, 0.15) is 44.7 Å². The van der Waals surface area contributed by atoms with Gasteiger partial charge in [0.25, 0.3) is 0 Å². The summed E-state index contributed by atoms with van der Waals surface area (Å²) in [5, 5.41) is 9.29. The minimum absolute atomic E-state index is 0.289. The van der Waals surface area contributed by atoms with Crippen LogP contribution in [0.3, 0.4) is 0 Å². The number of likely N-dealkylation sites (tertiary alicyclic amines) is 2. The highest BCUT2D eigenvalue weighted by Gasteiger charge is 2.28. The zero-order valence-corrected chi connectivity index (χ0v) is 19.1. The molecule has 0 radical (unpaired) electrons. The van der Waals surface area contributed by atoms with Crippen LogP contribution >= 0.6 is 0 Å². The molecule has 4 rings (SSSR count). The van der Waals surface area contributed by atoms with Crippen molar-refractivity contribution in [3.63, 3.8) is 0 Å². The third-order valence-corrected chi connectivity index (χ3v) is 6.37. The average Bonchev–Trinajstić information content (AvgIpc) is 3.08. The van der Waals surface area contributed by atoms with Crippen molar-refractivity contribution in [1.29, 1.82) is 0 Å². The normalized spacial score (nSPS) is 27.5. The van der Waals surface area contributed by atoms with Crippen molar-refractivity contribution in [1.82, 2.24) is 9.80 Å². The molecule has 2 aliphatic rings. The van der Waals surface area contributed by atoms with Crippen molar-refractivity contribution >= 4 is 0 Å². The molecule has 0 saturated carbocycles. The van der Waals surface area contributed by atoms with Gasteiger partial charge in [-0.25, -0.2) is 0 Å². The van der Waals surface area contributed by atoms with Gasteiger partial charge in [0.15, 0.2) is 0 Å². The summed E-state index contributed by atoms with van der Waals surface area (Å²) in [7, 11) is 0. The van der Waals surface area contributed by atoms with E-state index in [1.165, 1.54) is 30.6 Å². The maximum absolute atomic E-state index is 9.29. The van der Waals surface area contributed by atoms with Crippen LogP contribution in [-0.4, -0.2) is 47.2 Å². The summed E-state index contributed by atoms with van der Waals surface area (Å²) in [6, 6.07) is 21.7. The Bertz CT molecular complexity index is 710. The van der Waals surface area contributed by atoms with E-state index in [-0.39, 0.29) is 6.61 Å². The van der Waals surface area contributed by atoms with Crippen LogP contribution in [0.2, 0.25) is 0 Å². The molecular weight excluding hydrogens is 368 g/mol. The van der Waals surface area contributed by atoms with Crippen molar-refractivity contribution in [3.8, 4) is 0 Å². The molecule has 4 atom stereocenters. The number of aliphatic hydroxyl groups excluding tert-OH is 1. The standard InChI is InChI=1S/C14H21N.C13H19NO/c1-12-8-13(2)10-15(9-12)11-14-6-4-3-5-7-14;1-11-7-13(10-15)14(8-11)9-12-5-3-2-4-6-12/h3-7,12-13H,8-11H2,1-2H3;2-6,11,13,15H,7-10H2,1H3/t12-,13-;11-,13+/m11/s1. The summed E-state index contributed by atoms with van der Waals surface area (Å²) in [6.45, 7) is 13.0. The first-order chi connectivity index (χ1) is 14.5. The van der Waals surface area contributed by atoms with Gasteiger partial charge in [-0.2, -0.15) is 0 Å². The highest BCUT2D eigenvalue weighted by atomic mass is 16.3. The van der Waals surface area contributed by atoms with Gasteiger partial charge in [-0.1, -0.05) is 81.4 Å². The summed E-state index contributed by atoms with van der Waals surface area (Å²) in [5.41, 5.74) is 2.78. The summed E-state index contributed by atoms with van der Waals surface area (Å²) in [6.07, 6.45) is 2.52. The zero-order chi connectivity index (χ0) is 21.3. The molecule has 0 amide bonds. The van der Waals surface area contributed by atoms with Crippen LogP contribution in [0.4, 0.5) is 0 Å². The molecule has 0 unspecified atom stereocenters. The van der Waals surface area contributed by atoms with Gasteiger partial charge in [-0.05, 0) is 41.7 Å². The van der Waals surface area contributed by atoms with Gasteiger partial charge in [0.1, 0.15) is 0 Å². The summed E-state index contributed by atoms with van der Waals surface area (Å²) in [5.74, 6) is 2.43. The maximum atomic E-state index is 9.29. The van der Waals surface area contributed by atoms with E-state index in [2.05, 4.69) is 85.2 Å². The van der Waals surface area contributed by atoms with Crippen LogP contribution < -0.4 is 0 Å². The Hall–Kier alpha value is -1.68. The van der Waals surface area contributed by atoms with Crippen molar-refractivity contribution < 1.29 is 5.11 Å². The molecular formula is C27H40N2O. The van der Waals surface area contributed by atoms with Crippen LogP contribution in [-0.2, 0) is 13.1 Å². The van der Waals surface area contributed by atoms with Crippen LogP contribution in [0.15, 0.2) is 60.7 Å². The predicted molar refractivity (Wildman–Crippen MR) is 126 cm³/mol. The highest BCUT2D eigenvalue weighted by molar-refractivity contribution is 5.15. The predicted octanol–water partition coefficient (Wildman–Crippen LogP) is 5.05. The molecule has 2 aromatic rings. The van der Waals surface area contributed by atoms with E-state index >= 15 is 0 Å². The molecule has 1 N–H and O–H groups in total. The SMILES string of the molecule is C[C@@H]1C[C@@H](C)CN(Cc2ccccc2)C1.C[C@@H]1C[C@@H](CO)N(Cc2ccccc2)C1. The smallest absolute Gasteiger partial charge is 0.0587 e. The summed E-state index contributed by atoms with van der Waals surface area (Å²) in [4.78, 5) is 4.98. The Balaban J connectivity index is 0.000000171. The Kier molecular flexibility index (Phi) is 8.92. The van der Waals surface area contributed by atoms with E-state index in [0.717, 1.165) is 37.9 Å². The van der Waals surface area contributed by atoms with E-state index in [4.69, 9.17) is 0 Å². The second kappa shape index (κ2) is 11.6. The Labute approximate surface area is 183 Å². The average molecular weight is 409 g/mol. The Morgan fingerprint density at radius 3 is 1.73 bits per heavy atom. The van der Waals surface area contributed by atoms with Crippen LogP contribution in [0, 0.1) is 17.8 Å². The molecule has 2 saturated heterocycles. The lowest BCUT2D eigenvalue weighted by molar-refractivity contribution is 0.134. The Morgan fingerprint density at radius 2 is 1.20 bits per heavy atom. The molecule has 2 aliphatic heterocycles. The summed E-state index contributed by atoms with van der Waals surface area (Å²) >= 11 is 0. The molecule has 0 aromatic heterocycles. The van der Waals surface area contributed by atoms with Gasteiger partial charge in [0.05, 0.1) is 6.61 Å². The first-order valence-electron chi connectivity index (χ1n) is 11.7. The number of rotatable bonds is 5. The molecule has 2 heterocycles. The number of benzene rings is 2. The van der Waals surface area contributed by atoms with E-state index in [1.807, 2.05) is 6.07 Å². The second-order valence-electron chi connectivity index (χ2n) is 9.72. The zero-order valence-electron chi connectivity index (χ0n) is 19.1. The molecule has 0 bridgehead atoms. The topological polar surface area (TPSA) is 26.7 Å². The Morgan fingerprint density at radius 1 is 0.700 bits per heavy atom. The van der Waals surface area contributed by atoms with E-state index in [1.54, 1.807) is 0 Å². The van der Waals surface area contributed by atoms with Crippen molar-refractivity contribution in [3.05, 3.63) is 71.8 Å².